The average Bonchev–Trinajstić information content (AvgIpc) is 2.77. The van der Waals surface area contributed by atoms with E-state index in [2.05, 4.69) is 15.1 Å². The standard InChI is InChI=1S/C13H12FN5O/c1-7-10(6-8-2-4-9(14)5-3-8)11(20)19-13(16-7)17-12(15)18-19/h2-5H,6H2,1H3,(H3,15,16,17,18). The van der Waals surface area contributed by atoms with Gasteiger partial charge in [0.05, 0.1) is 5.69 Å². The summed E-state index contributed by atoms with van der Waals surface area (Å²) in [6.45, 7) is 1.74. The fourth-order valence-corrected chi connectivity index (χ4v) is 2.08. The van der Waals surface area contributed by atoms with Gasteiger partial charge < -0.3 is 5.73 Å². The highest BCUT2D eigenvalue weighted by Gasteiger charge is 2.12. The highest BCUT2D eigenvalue weighted by atomic mass is 19.1. The molecular weight excluding hydrogens is 261 g/mol. The van der Waals surface area contributed by atoms with Crippen molar-refractivity contribution < 1.29 is 4.39 Å². The maximum atomic E-state index is 12.9. The molecule has 0 saturated heterocycles. The first-order valence-corrected chi connectivity index (χ1v) is 6.03. The zero-order valence-corrected chi connectivity index (χ0v) is 10.7. The van der Waals surface area contributed by atoms with Gasteiger partial charge in [-0.05, 0) is 24.6 Å². The van der Waals surface area contributed by atoms with Crippen LogP contribution in [0.25, 0.3) is 5.78 Å². The van der Waals surface area contributed by atoms with Crippen molar-refractivity contribution in [2.45, 2.75) is 13.3 Å². The number of aromatic amines is 1. The van der Waals surface area contributed by atoms with Crippen LogP contribution in [0.4, 0.5) is 10.3 Å². The Morgan fingerprint density at radius 1 is 1.30 bits per heavy atom. The normalized spacial score (nSPS) is 11.1. The number of benzene rings is 1. The molecular formula is C13H12FN5O. The monoisotopic (exact) mass is 273 g/mol. The van der Waals surface area contributed by atoms with E-state index in [1.54, 1.807) is 19.1 Å². The molecule has 102 valence electrons. The molecule has 0 amide bonds. The van der Waals surface area contributed by atoms with Gasteiger partial charge in [-0.2, -0.15) is 9.50 Å². The van der Waals surface area contributed by atoms with Gasteiger partial charge in [0.25, 0.3) is 11.3 Å². The SMILES string of the molecule is Cc1nc2nc(N)[nH]n2c(=O)c1Cc1ccc(F)cc1. The maximum absolute atomic E-state index is 12.9. The number of aromatic nitrogens is 4. The van der Waals surface area contributed by atoms with E-state index in [0.29, 0.717) is 17.7 Å². The molecule has 2 heterocycles. The number of nitrogen functional groups attached to an aromatic ring is 1. The summed E-state index contributed by atoms with van der Waals surface area (Å²) in [5.41, 5.74) is 7.22. The number of nitrogens with zero attached hydrogens (tertiary/aromatic N) is 3. The number of rotatable bonds is 2. The number of H-pyrrole nitrogens is 1. The molecule has 0 unspecified atom stereocenters. The Kier molecular flexibility index (Phi) is 2.74. The van der Waals surface area contributed by atoms with Gasteiger partial charge in [0, 0.05) is 12.0 Å². The van der Waals surface area contributed by atoms with E-state index in [1.807, 2.05) is 0 Å². The summed E-state index contributed by atoms with van der Waals surface area (Å²) in [5.74, 6) is 0.0675. The number of nitrogens with one attached hydrogen (secondary N) is 1. The third-order valence-corrected chi connectivity index (χ3v) is 3.11. The second kappa shape index (κ2) is 4.44. The topological polar surface area (TPSA) is 89.1 Å². The van der Waals surface area contributed by atoms with Crippen molar-refractivity contribution in [3.05, 3.63) is 57.3 Å². The summed E-state index contributed by atoms with van der Waals surface area (Å²) in [5, 5.41) is 2.64. The fraction of sp³-hybridized carbons (Fsp3) is 0.154. The highest BCUT2D eigenvalue weighted by molar-refractivity contribution is 5.38. The Bertz CT molecular complexity index is 834. The molecule has 0 saturated carbocycles. The Balaban J connectivity index is 2.11. The molecule has 20 heavy (non-hydrogen) atoms. The Morgan fingerprint density at radius 2 is 2.00 bits per heavy atom. The molecule has 7 heteroatoms. The van der Waals surface area contributed by atoms with E-state index in [4.69, 9.17) is 5.73 Å². The molecule has 3 rings (SSSR count). The third kappa shape index (κ3) is 2.03. The van der Waals surface area contributed by atoms with Crippen LogP contribution in [0.5, 0.6) is 0 Å². The minimum Gasteiger partial charge on any atom is -0.368 e. The quantitative estimate of drug-likeness (QED) is 0.730. The molecule has 0 radical (unpaired) electrons. The van der Waals surface area contributed by atoms with E-state index in [1.165, 1.54) is 16.6 Å². The van der Waals surface area contributed by atoms with Crippen LogP contribution >= 0.6 is 0 Å². The smallest absolute Gasteiger partial charge is 0.277 e. The van der Waals surface area contributed by atoms with E-state index >= 15 is 0 Å². The van der Waals surface area contributed by atoms with Crippen molar-refractivity contribution in [1.29, 1.82) is 0 Å². The molecule has 1 aromatic carbocycles. The van der Waals surface area contributed by atoms with Crippen molar-refractivity contribution in [1.82, 2.24) is 19.6 Å². The minimum atomic E-state index is -0.308. The van der Waals surface area contributed by atoms with Gasteiger partial charge in [-0.25, -0.2) is 9.37 Å². The Labute approximate surface area is 113 Å². The van der Waals surface area contributed by atoms with Crippen LogP contribution in [-0.2, 0) is 6.42 Å². The van der Waals surface area contributed by atoms with Gasteiger partial charge >= 0.3 is 0 Å². The number of nitrogens with two attached hydrogens (primary N) is 1. The molecule has 6 nitrogen and oxygen atoms in total. The molecule has 3 N–H and O–H groups in total. The molecule has 0 aliphatic heterocycles. The van der Waals surface area contributed by atoms with E-state index in [9.17, 15) is 9.18 Å². The molecule has 0 bridgehead atoms. The van der Waals surface area contributed by atoms with Crippen LogP contribution in [-0.4, -0.2) is 19.6 Å². The first kappa shape index (κ1) is 12.3. The maximum Gasteiger partial charge on any atom is 0.277 e. The minimum absolute atomic E-state index is 0.132. The van der Waals surface area contributed by atoms with Crippen LogP contribution in [0.15, 0.2) is 29.1 Å². The average molecular weight is 273 g/mol. The number of hydrogen-bond donors (Lipinski definition) is 2. The van der Waals surface area contributed by atoms with Crippen LogP contribution in [0.2, 0.25) is 0 Å². The van der Waals surface area contributed by atoms with E-state index in [-0.39, 0.29) is 23.1 Å². The molecule has 0 aliphatic rings. The lowest BCUT2D eigenvalue weighted by Crippen LogP contribution is -2.22. The molecule has 3 aromatic rings. The van der Waals surface area contributed by atoms with Crippen molar-refractivity contribution in [3.63, 3.8) is 0 Å². The highest BCUT2D eigenvalue weighted by Crippen LogP contribution is 2.11. The van der Waals surface area contributed by atoms with Gasteiger partial charge in [-0.1, -0.05) is 12.1 Å². The van der Waals surface area contributed by atoms with Crippen molar-refractivity contribution >= 4 is 11.7 Å². The molecule has 0 spiro atoms. The summed E-state index contributed by atoms with van der Waals surface area (Å²) < 4.78 is 14.1. The Hall–Kier alpha value is -2.70. The van der Waals surface area contributed by atoms with Gasteiger partial charge in [-0.3, -0.25) is 9.89 Å². The number of halogens is 1. The lowest BCUT2D eigenvalue weighted by molar-refractivity contribution is 0.627. The second-order valence-corrected chi connectivity index (χ2v) is 4.53. The number of fused-ring (bicyclic) bond motifs is 1. The van der Waals surface area contributed by atoms with Gasteiger partial charge in [0.2, 0.25) is 5.95 Å². The zero-order valence-electron chi connectivity index (χ0n) is 10.7. The van der Waals surface area contributed by atoms with E-state index in [0.717, 1.165) is 5.56 Å². The summed E-state index contributed by atoms with van der Waals surface area (Å²) >= 11 is 0. The lowest BCUT2D eigenvalue weighted by Gasteiger charge is -2.05. The lowest BCUT2D eigenvalue weighted by atomic mass is 10.1. The number of aryl methyl sites for hydroxylation is 1. The predicted octanol–water partition coefficient (Wildman–Crippen LogP) is 1.04. The largest absolute Gasteiger partial charge is 0.368 e. The van der Waals surface area contributed by atoms with Gasteiger partial charge in [0.1, 0.15) is 5.82 Å². The summed E-state index contributed by atoms with van der Waals surface area (Å²) in [6, 6.07) is 6.01. The second-order valence-electron chi connectivity index (χ2n) is 4.53. The number of hydrogen-bond acceptors (Lipinski definition) is 4. The van der Waals surface area contributed by atoms with Crippen LogP contribution < -0.4 is 11.3 Å². The molecule has 2 aromatic heterocycles. The van der Waals surface area contributed by atoms with Gasteiger partial charge in [0.15, 0.2) is 0 Å². The van der Waals surface area contributed by atoms with Crippen molar-refractivity contribution in [2.24, 2.45) is 0 Å². The first-order chi connectivity index (χ1) is 9.54. The van der Waals surface area contributed by atoms with Crippen LogP contribution in [0.1, 0.15) is 16.8 Å². The number of anilines is 1. The zero-order chi connectivity index (χ0) is 14.3. The van der Waals surface area contributed by atoms with Gasteiger partial charge in [-0.15, -0.1) is 0 Å². The van der Waals surface area contributed by atoms with Crippen LogP contribution in [0.3, 0.4) is 0 Å². The molecule has 0 aliphatic carbocycles. The predicted molar refractivity (Wildman–Crippen MR) is 72.0 cm³/mol. The third-order valence-electron chi connectivity index (χ3n) is 3.11. The molecule has 0 atom stereocenters. The first-order valence-electron chi connectivity index (χ1n) is 6.03. The molecule has 0 fully saturated rings. The van der Waals surface area contributed by atoms with Crippen molar-refractivity contribution in [3.8, 4) is 0 Å². The summed E-state index contributed by atoms with van der Waals surface area (Å²) in [6.07, 6.45) is 0.375. The van der Waals surface area contributed by atoms with E-state index < -0.39 is 0 Å². The van der Waals surface area contributed by atoms with Crippen LogP contribution in [0, 0.1) is 12.7 Å². The summed E-state index contributed by atoms with van der Waals surface area (Å²) in [7, 11) is 0. The summed E-state index contributed by atoms with van der Waals surface area (Å²) in [4.78, 5) is 20.5. The fourth-order valence-electron chi connectivity index (χ4n) is 2.08. The van der Waals surface area contributed by atoms with Crippen molar-refractivity contribution in [2.75, 3.05) is 5.73 Å². The Morgan fingerprint density at radius 3 is 2.70 bits per heavy atom.